The summed E-state index contributed by atoms with van der Waals surface area (Å²) in [5.41, 5.74) is 13.7. The molecule has 6 atom stereocenters. The van der Waals surface area contributed by atoms with Crippen LogP contribution in [0.15, 0.2) is 122 Å². The third-order valence-electron chi connectivity index (χ3n) is 14.4. The Morgan fingerprint density at radius 1 is 0.378 bits per heavy atom. The van der Waals surface area contributed by atoms with E-state index in [4.69, 9.17) is 48.0 Å². The first-order valence-corrected chi connectivity index (χ1v) is 27.1. The van der Waals surface area contributed by atoms with Gasteiger partial charge in [-0.25, -0.2) is 18.3 Å². The molecule has 8 aromatic rings. The van der Waals surface area contributed by atoms with Gasteiger partial charge in [0, 0.05) is 117 Å². The van der Waals surface area contributed by atoms with Crippen molar-refractivity contribution in [2.75, 3.05) is 0 Å². The van der Waals surface area contributed by atoms with Crippen molar-refractivity contribution < 1.29 is 66.2 Å². The molecule has 436 valence electrons. The summed E-state index contributed by atoms with van der Waals surface area (Å²) in [6, 6.07) is 27.0. The van der Waals surface area contributed by atoms with Crippen molar-refractivity contribution in [3.8, 4) is 45.0 Å². The maximum absolute atomic E-state index is 8.44. The summed E-state index contributed by atoms with van der Waals surface area (Å²) >= 11 is 0. The number of hydrogen-bond acceptors (Lipinski definition) is 0. The lowest BCUT2D eigenvalue weighted by molar-refractivity contribution is -0.661. The molecule has 4 heterocycles. The Kier molecular flexibility index (Phi) is 11.4. The van der Waals surface area contributed by atoms with Crippen LogP contribution in [0.25, 0.3) is 45.0 Å². The lowest BCUT2D eigenvalue weighted by Crippen LogP contribution is -2.32. The molecule has 4 heteroatoms. The Morgan fingerprint density at radius 2 is 0.780 bits per heavy atom. The smallest absolute Gasteiger partial charge is 0.201 e. The summed E-state index contributed by atoms with van der Waals surface area (Å²) in [7, 11) is 6.99. The normalized spacial score (nSPS) is 23.5. The molecule has 0 fully saturated rings. The minimum atomic E-state index is -2.81. The number of nitrogens with zero attached hydrogens (tertiary/aromatic N) is 4. The summed E-state index contributed by atoms with van der Waals surface area (Å²) in [6.07, 6.45) is 3.94. The number of rotatable bonds is 12. The highest BCUT2D eigenvalue weighted by atomic mass is 14.9. The number of benzene rings is 4. The van der Waals surface area contributed by atoms with E-state index in [1.165, 1.54) is 65.1 Å². The van der Waals surface area contributed by atoms with Gasteiger partial charge in [-0.1, -0.05) is 144 Å². The molecule has 4 aromatic heterocycles. The standard InChI is InChI=1S/C21H30N.C20H28N.C19H26N.C18H24N/c1-14(2)10-18-8-9-19(16(5)11-18)21-12-17(6)20(15(3)4)13-22(21)7;1-13(2)17-8-9-18(15(5)10-17)20-11-16(6)19(14(3)4)12-21(20)7;1-7-16-8-9-17(14(4)10-16)19-11-15(5)18(13(2)3)12-20(19)6;1-12(2)17-10-18(19(6)11-15(17)5)16-8-7-13(3)9-14(16)4/h8-9,11-15H,10H2,1-7H3;8-14H,1-7H3;8-13H,7H2,1-6H3;7-12H,1-6H3/q4*+1/i1D3,3D3,10D2,14D,15D;1D3,3D3,13D,14D;1D3,2D3,13D;1D3,3D3,5D3,12D. The Bertz CT molecular complexity index is 4940. The number of hydrogen-bond donors (Lipinski definition) is 0. The molecule has 4 nitrogen and oxygen atoms in total. The maximum Gasteiger partial charge on any atom is 0.212 e. The van der Waals surface area contributed by atoms with E-state index in [9.17, 15) is 0 Å². The minimum absolute atomic E-state index is 0.0218. The van der Waals surface area contributed by atoms with Gasteiger partial charge < -0.3 is 0 Å². The first kappa shape index (κ1) is 31.9. The largest absolute Gasteiger partial charge is 0.212 e. The van der Waals surface area contributed by atoms with Gasteiger partial charge >= 0.3 is 0 Å². The summed E-state index contributed by atoms with van der Waals surface area (Å²) in [4.78, 5) is 0. The molecule has 6 unspecified atom stereocenters. The lowest BCUT2D eigenvalue weighted by Gasteiger charge is -2.13. The van der Waals surface area contributed by atoms with Crippen molar-refractivity contribution in [3.05, 3.63) is 211 Å². The Hall–Kier alpha value is -6.52. The zero-order chi connectivity index (χ0) is 91.0. The van der Waals surface area contributed by atoms with Gasteiger partial charge in [0.25, 0.3) is 0 Å². The second-order valence-corrected chi connectivity index (χ2v) is 21.5. The molecular weight excluding hydrogens is 993 g/mol. The van der Waals surface area contributed by atoms with Gasteiger partial charge in [-0.3, -0.25) is 0 Å². The van der Waals surface area contributed by atoms with E-state index in [-0.39, 0.29) is 28.7 Å². The number of aromatic nitrogens is 4. The number of pyridine rings is 4. The molecule has 0 N–H and O–H groups in total. The van der Waals surface area contributed by atoms with E-state index in [0.29, 0.717) is 55.8 Å². The SMILES string of the molecule is [2H]C([2H])([2H])C([2H])(C)c1c[n+](C)c(-c2ccc(C([2H])([2H])C([2H])(C)C([2H])([2H])[2H])cc2C)cc1C.[2H]C([2H])([2H])C([2H])(C)c1ccc(-c2cc(C)c(C([2H])(C)C([2H])([2H])[2H])c[n+]2C)c(C)c1.[2H]C([2H])([2H])Cc1ccc(-c2cc(C)c(C([2H])(C)C([2H])([2H])[2H])c[n+]2C)c(C)c1.[2H]C([2H])([2H])c1ccc(-c2cc(C([2H])(C)C([2H])([2H])[2H])c(C([2H])([2H])[2H])c[n+]2C)c(C)c1. The predicted molar refractivity (Wildman–Crippen MR) is 353 cm³/mol. The molecular formula is C78H108N4+4. The summed E-state index contributed by atoms with van der Waals surface area (Å²) < 4.78 is 280. The molecule has 0 spiro atoms. The summed E-state index contributed by atoms with van der Waals surface area (Å²) in [5, 5.41) is 0. The topological polar surface area (TPSA) is 15.5 Å². The van der Waals surface area contributed by atoms with Crippen LogP contribution in [-0.2, 0) is 41.0 Å². The summed E-state index contributed by atoms with van der Waals surface area (Å²) in [6.45, 7) is -1.81. The van der Waals surface area contributed by atoms with Crippen LogP contribution in [0.1, 0.15) is 256 Å². The Balaban J connectivity index is 0.000000279. The molecule has 82 heavy (non-hydrogen) atoms. The zero-order valence-corrected chi connectivity index (χ0v) is 51.0. The molecule has 0 amide bonds. The molecule has 0 saturated carbocycles. The van der Waals surface area contributed by atoms with Gasteiger partial charge in [0.2, 0.25) is 22.8 Å². The van der Waals surface area contributed by atoms with Gasteiger partial charge in [-0.15, -0.1) is 0 Å². The fourth-order valence-electron chi connectivity index (χ4n) is 9.96. The summed E-state index contributed by atoms with van der Waals surface area (Å²) in [5.74, 6) is -11.4. The van der Waals surface area contributed by atoms with E-state index >= 15 is 0 Å². The number of aryl methyl sites for hydroxylation is 14. The van der Waals surface area contributed by atoms with Gasteiger partial charge in [-0.2, -0.15) is 0 Å². The van der Waals surface area contributed by atoms with Crippen LogP contribution >= 0.6 is 0 Å². The van der Waals surface area contributed by atoms with Crippen molar-refractivity contribution in [2.24, 2.45) is 34.1 Å². The van der Waals surface area contributed by atoms with Gasteiger partial charge in [-0.05, 0) is 196 Å². The van der Waals surface area contributed by atoms with E-state index in [0.717, 1.165) is 62.9 Å². The second kappa shape index (κ2) is 29.1. The molecule has 8 rings (SSSR count). The molecule has 4 aromatic carbocycles. The molecule has 0 bridgehead atoms. The average Bonchev–Trinajstić information content (AvgIpc) is 0.757. The highest BCUT2D eigenvalue weighted by molar-refractivity contribution is 5.65. The fraction of sp³-hybridized carbons (Fsp3) is 0.436. The monoisotopic (exact) mass is 1140 g/mol. The van der Waals surface area contributed by atoms with E-state index in [1.54, 1.807) is 124 Å². The van der Waals surface area contributed by atoms with E-state index in [2.05, 4.69) is 0 Å². The molecule has 0 aliphatic rings. The highest BCUT2D eigenvalue weighted by Crippen LogP contribution is 2.31. The Morgan fingerprint density at radius 3 is 1.20 bits per heavy atom. The van der Waals surface area contributed by atoms with Crippen molar-refractivity contribution >= 4 is 0 Å². The van der Waals surface area contributed by atoms with Crippen LogP contribution in [0.3, 0.4) is 0 Å². The van der Waals surface area contributed by atoms with Crippen LogP contribution in [0.4, 0.5) is 0 Å². The predicted octanol–water partition coefficient (Wildman–Crippen LogP) is 18.9. The highest BCUT2D eigenvalue weighted by Gasteiger charge is 2.22. The van der Waals surface area contributed by atoms with Gasteiger partial charge in [0.05, 0.1) is 0 Å². The zero-order valence-electron chi connectivity index (χ0n) is 86.0. The first-order chi connectivity index (χ1) is 52.1. The maximum atomic E-state index is 8.44. The van der Waals surface area contributed by atoms with E-state index < -0.39 is 103 Å². The fourth-order valence-corrected chi connectivity index (χ4v) is 9.96. The first-order valence-electron chi connectivity index (χ1n) is 44.6. The van der Waals surface area contributed by atoms with Gasteiger partial charge in [0.15, 0.2) is 24.8 Å². The Labute approximate surface area is 549 Å². The van der Waals surface area contributed by atoms with Gasteiger partial charge in [0.1, 0.15) is 28.2 Å². The quantitative estimate of drug-likeness (QED) is 0.108. The van der Waals surface area contributed by atoms with Crippen molar-refractivity contribution in [1.29, 1.82) is 0 Å². The van der Waals surface area contributed by atoms with Crippen molar-refractivity contribution in [3.63, 3.8) is 0 Å². The second-order valence-electron chi connectivity index (χ2n) is 21.5. The van der Waals surface area contributed by atoms with Crippen molar-refractivity contribution in [1.82, 2.24) is 0 Å². The molecule has 0 aliphatic heterocycles. The molecule has 0 saturated heterocycles. The van der Waals surface area contributed by atoms with Crippen LogP contribution < -0.4 is 18.3 Å². The van der Waals surface area contributed by atoms with Crippen LogP contribution in [0.5, 0.6) is 0 Å². The lowest BCUT2D eigenvalue weighted by atomic mass is 9.94. The van der Waals surface area contributed by atoms with Crippen LogP contribution in [0.2, 0.25) is 0 Å². The molecule has 0 aliphatic carbocycles. The third-order valence-corrected chi connectivity index (χ3v) is 14.4. The average molecular weight is 1140 g/mol. The van der Waals surface area contributed by atoms with Crippen LogP contribution in [0, 0.1) is 68.1 Å². The van der Waals surface area contributed by atoms with E-state index in [1.807, 2.05) is 62.7 Å². The molecule has 0 radical (unpaired) electrons. The van der Waals surface area contributed by atoms with Crippen molar-refractivity contribution in [2.45, 2.75) is 194 Å². The third kappa shape index (κ3) is 16.8. The van der Waals surface area contributed by atoms with Crippen LogP contribution in [-0.4, -0.2) is 0 Å². The minimum Gasteiger partial charge on any atom is -0.201 e.